The maximum absolute atomic E-state index is 5.97. The first kappa shape index (κ1) is 20.3. The SMILES string of the molecule is COc1cc2c(cc1OC)C1C(CC2OC)c2c(OC)cc3c(c2[C@H](C)N1C)OCO3. The standard InChI is InChI=1S/C24H29NO6/c1-12-21-22(19(29-6)10-20-24(21)31-11-30-20)15-9-16(26-3)13-7-17(27-4)18(28-5)8-14(13)23(15)25(12)2/h7-8,10,12,15-16,23H,9,11H2,1-6H3/t12-,15?,16?,23?/m0/s1. The Labute approximate surface area is 182 Å². The number of rotatable bonds is 4. The molecule has 5 rings (SSSR count). The fraction of sp³-hybridized carbons (Fsp3) is 0.500. The first-order valence-corrected chi connectivity index (χ1v) is 10.5. The molecule has 1 aliphatic carbocycles. The Morgan fingerprint density at radius 2 is 1.55 bits per heavy atom. The lowest BCUT2D eigenvalue weighted by Gasteiger charge is -2.49. The second kappa shape index (κ2) is 7.50. The summed E-state index contributed by atoms with van der Waals surface area (Å²) < 4.78 is 34.7. The third kappa shape index (κ3) is 2.79. The van der Waals surface area contributed by atoms with Gasteiger partial charge in [-0.15, -0.1) is 0 Å². The van der Waals surface area contributed by atoms with Gasteiger partial charge in [-0.25, -0.2) is 0 Å². The van der Waals surface area contributed by atoms with Crippen LogP contribution >= 0.6 is 0 Å². The van der Waals surface area contributed by atoms with E-state index in [-0.39, 0.29) is 30.9 Å². The third-order valence-corrected chi connectivity index (χ3v) is 7.15. The zero-order valence-electron chi connectivity index (χ0n) is 18.9. The van der Waals surface area contributed by atoms with Gasteiger partial charge in [-0.2, -0.15) is 0 Å². The molecule has 0 amide bonds. The number of likely N-dealkylation sites (N-methyl/N-ethyl adjacent to an activating group) is 1. The molecule has 166 valence electrons. The second-order valence-corrected chi connectivity index (χ2v) is 8.33. The Hall–Kier alpha value is -2.64. The number of nitrogens with zero attached hydrogens (tertiary/aromatic N) is 1. The average Bonchev–Trinajstić information content (AvgIpc) is 3.27. The molecule has 0 spiro atoms. The van der Waals surface area contributed by atoms with Crippen molar-refractivity contribution in [2.75, 3.05) is 42.3 Å². The molecule has 0 N–H and O–H groups in total. The Balaban J connectivity index is 1.75. The van der Waals surface area contributed by atoms with Gasteiger partial charge < -0.3 is 28.4 Å². The van der Waals surface area contributed by atoms with Crippen LogP contribution in [0, 0.1) is 0 Å². The highest BCUT2D eigenvalue weighted by atomic mass is 16.7. The summed E-state index contributed by atoms with van der Waals surface area (Å²) in [6, 6.07) is 6.37. The molecule has 31 heavy (non-hydrogen) atoms. The highest BCUT2D eigenvalue weighted by Crippen LogP contribution is 2.61. The van der Waals surface area contributed by atoms with Crippen molar-refractivity contribution in [1.82, 2.24) is 4.90 Å². The normalized spacial score (nSPS) is 26.0. The van der Waals surface area contributed by atoms with Crippen molar-refractivity contribution in [3.8, 4) is 28.7 Å². The van der Waals surface area contributed by atoms with E-state index < -0.39 is 0 Å². The van der Waals surface area contributed by atoms with Crippen LogP contribution in [0.3, 0.4) is 0 Å². The molecular formula is C24H29NO6. The van der Waals surface area contributed by atoms with Crippen LogP contribution in [-0.2, 0) is 4.74 Å². The topological polar surface area (TPSA) is 58.6 Å². The number of hydrogen-bond acceptors (Lipinski definition) is 7. The van der Waals surface area contributed by atoms with Crippen LogP contribution in [0.15, 0.2) is 18.2 Å². The summed E-state index contributed by atoms with van der Waals surface area (Å²) in [6.07, 6.45) is 0.754. The van der Waals surface area contributed by atoms with Gasteiger partial charge in [0.2, 0.25) is 6.79 Å². The summed E-state index contributed by atoms with van der Waals surface area (Å²) in [5, 5.41) is 0. The second-order valence-electron chi connectivity index (χ2n) is 8.33. The molecule has 2 aromatic carbocycles. The molecule has 0 radical (unpaired) electrons. The average molecular weight is 427 g/mol. The van der Waals surface area contributed by atoms with Gasteiger partial charge in [0.15, 0.2) is 23.0 Å². The van der Waals surface area contributed by atoms with E-state index in [1.165, 1.54) is 11.1 Å². The molecule has 0 fully saturated rings. The predicted octanol–water partition coefficient (Wildman–Crippen LogP) is 4.36. The molecule has 2 heterocycles. The van der Waals surface area contributed by atoms with Crippen LogP contribution in [0.2, 0.25) is 0 Å². The molecule has 0 bridgehead atoms. The minimum atomic E-state index is -0.0687. The number of benzene rings is 2. The van der Waals surface area contributed by atoms with Gasteiger partial charge in [-0.05, 0) is 43.7 Å². The highest BCUT2D eigenvalue weighted by Gasteiger charge is 2.48. The maximum Gasteiger partial charge on any atom is 0.231 e. The Morgan fingerprint density at radius 3 is 2.19 bits per heavy atom. The third-order valence-electron chi connectivity index (χ3n) is 7.15. The van der Waals surface area contributed by atoms with Gasteiger partial charge in [-0.3, -0.25) is 4.90 Å². The van der Waals surface area contributed by atoms with E-state index in [0.717, 1.165) is 46.3 Å². The fourth-order valence-electron chi connectivity index (χ4n) is 5.62. The van der Waals surface area contributed by atoms with Gasteiger partial charge in [0.05, 0.1) is 27.4 Å². The molecule has 2 aromatic rings. The van der Waals surface area contributed by atoms with Crippen molar-refractivity contribution in [2.24, 2.45) is 0 Å². The molecule has 4 atom stereocenters. The van der Waals surface area contributed by atoms with Crippen LogP contribution < -0.4 is 23.7 Å². The summed E-state index contributed by atoms with van der Waals surface area (Å²) in [6.45, 7) is 2.44. The summed E-state index contributed by atoms with van der Waals surface area (Å²) in [4.78, 5) is 2.41. The predicted molar refractivity (Wildman–Crippen MR) is 115 cm³/mol. The van der Waals surface area contributed by atoms with Gasteiger partial charge >= 0.3 is 0 Å². The van der Waals surface area contributed by atoms with Gasteiger partial charge in [0.25, 0.3) is 0 Å². The van der Waals surface area contributed by atoms with E-state index in [9.17, 15) is 0 Å². The molecule has 0 saturated carbocycles. The molecule has 7 nitrogen and oxygen atoms in total. The van der Waals surface area contributed by atoms with Crippen molar-refractivity contribution in [2.45, 2.75) is 37.5 Å². The summed E-state index contributed by atoms with van der Waals surface area (Å²) in [5.41, 5.74) is 4.67. The van der Waals surface area contributed by atoms with E-state index in [0.29, 0.717) is 0 Å². The Morgan fingerprint density at radius 1 is 0.871 bits per heavy atom. The number of fused-ring (bicyclic) bond motifs is 7. The van der Waals surface area contributed by atoms with Crippen molar-refractivity contribution in [3.05, 3.63) is 40.5 Å². The first-order chi connectivity index (χ1) is 15.0. The van der Waals surface area contributed by atoms with E-state index in [2.05, 4.69) is 31.0 Å². The zero-order chi connectivity index (χ0) is 21.9. The molecule has 0 aromatic heterocycles. The summed E-state index contributed by atoms with van der Waals surface area (Å²) in [5.74, 6) is 4.03. The molecule has 0 saturated heterocycles. The number of ether oxygens (including phenoxy) is 6. The lowest BCUT2D eigenvalue weighted by Crippen LogP contribution is -2.41. The van der Waals surface area contributed by atoms with Crippen molar-refractivity contribution < 1.29 is 28.4 Å². The van der Waals surface area contributed by atoms with Crippen molar-refractivity contribution in [1.29, 1.82) is 0 Å². The maximum atomic E-state index is 5.97. The Bertz CT molecular complexity index is 1020. The van der Waals surface area contributed by atoms with Crippen molar-refractivity contribution >= 4 is 0 Å². The smallest absolute Gasteiger partial charge is 0.231 e. The monoisotopic (exact) mass is 427 g/mol. The fourth-order valence-corrected chi connectivity index (χ4v) is 5.62. The molecule has 7 heteroatoms. The van der Waals surface area contributed by atoms with Gasteiger partial charge in [-0.1, -0.05) is 0 Å². The van der Waals surface area contributed by atoms with Crippen LogP contribution in [-0.4, -0.2) is 47.2 Å². The van der Waals surface area contributed by atoms with E-state index in [1.54, 1.807) is 28.4 Å². The molecule has 3 aliphatic rings. The summed E-state index contributed by atoms with van der Waals surface area (Å²) in [7, 11) is 8.98. The number of methoxy groups -OCH3 is 4. The van der Waals surface area contributed by atoms with E-state index in [4.69, 9.17) is 28.4 Å². The van der Waals surface area contributed by atoms with Crippen LogP contribution in [0.4, 0.5) is 0 Å². The van der Waals surface area contributed by atoms with Crippen LogP contribution in [0.5, 0.6) is 28.7 Å². The van der Waals surface area contributed by atoms with Crippen LogP contribution in [0.25, 0.3) is 0 Å². The summed E-state index contributed by atoms with van der Waals surface area (Å²) >= 11 is 0. The quantitative estimate of drug-likeness (QED) is 0.718. The zero-order valence-corrected chi connectivity index (χ0v) is 18.9. The minimum Gasteiger partial charge on any atom is -0.496 e. The van der Waals surface area contributed by atoms with Crippen LogP contribution in [0.1, 0.15) is 59.7 Å². The van der Waals surface area contributed by atoms with Gasteiger partial charge in [0, 0.05) is 42.3 Å². The molecule has 3 unspecified atom stereocenters. The van der Waals surface area contributed by atoms with Crippen molar-refractivity contribution in [3.63, 3.8) is 0 Å². The Kier molecular flexibility index (Phi) is 4.90. The molecule has 2 aliphatic heterocycles. The minimum absolute atomic E-state index is 0.0687. The first-order valence-electron chi connectivity index (χ1n) is 10.5. The van der Waals surface area contributed by atoms with E-state index in [1.807, 2.05) is 6.07 Å². The highest BCUT2D eigenvalue weighted by molar-refractivity contribution is 5.63. The largest absolute Gasteiger partial charge is 0.496 e. The lowest BCUT2D eigenvalue weighted by molar-refractivity contribution is 0.0416. The number of hydrogen-bond donors (Lipinski definition) is 0. The molecular weight excluding hydrogens is 398 g/mol. The van der Waals surface area contributed by atoms with Gasteiger partial charge in [0.1, 0.15) is 5.75 Å². The van der Waals surface area contributed by atoms with E-state index >= 15 is 0 Å². The lowest BCUT2D eigenvalue weighted by atomic mass is 9.69.